The summed E-state index contributed by atoms with van der Waals surface area (Å²) in [6.45, 7) is 1.30. The first-order valence-electron chi connectivity index (χ1n) is 10.1. The molecule has 5 aromatic rings. The minimum absolute atomic E-state index is 0.649. The van der Waals surface area contributed by atoms with Crippen molar-refractivity contribution in [3.63, 3.8) is 0 Å². The van der Waals surface area contributed by atoms with E-state index in [2.05, 4.69) is 58.1 Å². The molecule has 0 aliphatic carbocycles. The molecular formula is C24H24N6. The van der Waals surface area contributed by atoms with Crippen LogP contribution in [-0.2, 0) is 27.2 Å². The molecule has 3 aromatic carbocycles. The average Bonchev–Trinajstić information content (AvgIpc) is 3.28. The van der Waals surface area contributed by atoms with Gasteiger partial charge in [0.25, 0.3) is 0 Å². The topological polar surface area (TPSA) is 59.7 Å². The van der Waals surface area contributed by atoms with E-state index < -0.39 is 0 Å². The molecule has 150 valence electrons. The Balaban J connectivity index is 1.33. The molecule has 0 aliphatic heterocycles. The lowest BCUT2D eigenvalue weighted by Gasteiger charge is -2.14. The third kappa shape index (κ3) is 3.26. The van der Waals surface area contributed by atoms with Crippen LogP contribution in [0.25, 0.3) is 22.1 Å². The first kappa shape index (κ1) is 18.2. The maximum Gasteiger partial charge on any atom is 0.128 e. The highest BCUT2D eigenvalue weighted by Crippen LogP contribution is 2.24. The SMILES string of the molecule is Cn1c(CNc2ccccc2NCc2nc3ccccc3n2C)nc2ccccc21. The van der Waals surface area contributed by atoms with E-state index >= 15 is 0 Å². The van der Waals surface area contributed by atoms with E-state index in [4.69, 9.17) is 9.97 Å². The summed E-state index contributed by atoms with van der Waals surface area (Å²) in [5.41, 5.74) is 6.41. The normalized spacial score (nSPS) is 11.3. The number of nitrogens with zero attached hydrogens (tertiary/aromatic N) is 4. The molecule has 0 amide bonds. The van der Waals surface area contributed by atoms with Gasteiger partial charge in [-0.05, 0) is 36.4 Å². The molecule has 2 N–H and O–H groups in total. The number of benzene rings is 3. The summed E-state index contributed by atoms with van der Waals surface area (Å²) < 4.78 is 4.27. The van der Waals surface area contributed by atoms with Crippen LogP contribution in [-0.4, -0.2) is 19.1 Å². The molecular weight excluding hydrogens is 372 g/mol. The van der Waals surface area contributed by atoms with Crippen molar-refractivity contribution in [2.45, 2.75) is 13.1 Å². The predicted octanol–water partition coefficient (Wildman–Crippen LogP) is 4.68. The van der Waals surface area contributed by atoms with E-state index in [-0.39, 0.29) is 0 Å². The summed E-state index contributed by atoms with van der Waals surface area (Å²) in [4.78, 5) is 9.51. The van der Waals surface area contributed by atoms with Crippen LogP contribution in [0, 0.1) is 0 Å². The summed E-state index contributed by atoms with van der Waals surface area (Å²) in [7, 11) is 4.12. The van der Waals surface area contributed by atoms with Gasteiger partial charge < -0.3 is 19.8 Å². The Morgan fingerprint density at radius 1 is 0.600 bits per heavy atom. The molecule has 5 rings (SSSR count). The third-order valence-electron chi connectivity index (χ3n) is 5.56. The van der Waals surface area contributed by atoms with Gasteiger partial charge in [-0.3, -0.25) is 0 Å². The van der Waals surface area contributed by atoms with Gasteiger partial charge in [-0.15, -0.1) is 0 Å². The van der Waals surface area contributed by atoms with E-state index in [0.717, 1.165) is 45.1 Å². The highest BCUT2D eigenvalue weighted by molar-refractivity contribution is 5.77. The molecule has 0 unspecified atom stereocenters. The summed E-state index contributed by atoms with van der Waals surface area (Å²) in [5, 5.41) is 7.07. The van der Waals surface area contributed by atoms with Gasteiger partial charge in [-0.2, -0.15) is 0 Å². The number of aryl methyl sites for hydroxylation is 2. The van der Waals surface area contributed by atoms with Gasteiger partial charge in [0.15, 0.2) is 0 Å². The van der Waals surface area contributed by atoms with Crippen molar-refractivity contribution >= 4 is 33.4 Å². The van der Waals surface area contributed by atoms with Gasteiger partial charge in [-0.25, -0.2) is 9.97 Å². The number of rotatable bonds is 6. The van der Waals surface area contributed by atoms with E-state index in [0.29, 0.717) is 13.1 Å². The number of hydrogen-bond donors (Lipinski definition) is 2. The fourth-order valence-electron chi connectivity index (χ4n) is 3.85. The number of hydrogen-bond acceptors (Lipinski definition) is 4. The zero-order chi connectivity index (χ0) is 20.5. The first-order valence-corrected chi connectivity index (χ1v) is 10.1. The molecule has 0 spiro atoms. The largest absolute Gasteiger partial charge is 0.376 e. The van der Waals surface area contributed by atoms with Crippen molar-refractivity contribution in [1.82, 2.24) is 19.1 Å². The molecule has 6 heteroatoms. The molecule has 0 saturated heterocycles. The summed E-state index contributed by atoms with van der Waals surface area (Å²) in [6, 6.07) is 24.7. The minimum atomic E-state index is 0.649. The molecule has 0 bridgehead atoms. The predicted molar refractivity (Wildman–Crippen MR) is 123 cm³/mol. The lowest BCUT2D eigenvalue weighted by molar-refractivity contribution is 0.830. The Morgan fingerprint density at radius 2 is 1.00 bits per heavy atom. The Bertz CT molecular complexity index is 1230. The smallest absolute Gasteiger partial charge is 0.128 e. The molecule has 6 nitrogen and oxygen atoms in total. The van der Waals surface area contributed by atoms with Gasteiger partial charge >= 0.3 is 0 Å². The molecule has 2 heterocycles. The molecule has 0 fully saturated rings. The number of para-hydroxylation sites is 6. The second-order valence-corrected chi connectivity index (χ2v) is 7.40. The Hall–Kier alpha value is -3.80. The van der Waals surface area contributed by atoms with E-state index in [1.807, 2.05) is 48.5 Å². The van der Waals surface area contributed by atoms with Crippen molar-refractivity contribution in [3.8, 4) is 0 Å². The monoisotopic (exact) mass is 396 g/mol. The highest BCUT2D eigenvalue weighted by Gasteiger charge is 2.10. The van der Waals surface area contributed by atoms with Crippen molar-refractivity contribution in [2.75, 3.05) is 10.6 Å². The van der Waals surface area contributed by atoms with Gasteiger partial charge in [0.2, 0.25) is 0 Å². The fourth-order valence-corrected chi connectivity index (χ4v) is 3.85. The van der Waals surface area contributed by atoms with Crippen LogP contribution < -0.4 is 10.6 Å². The molecule has 0 aliphatic rings. The summed E-state index contributed by atoms with van der Waals surface area (Å²) in [5.74, 6) is 2.00. The number of fused-ring (bicyclic) bond motifs is 2. The quantitative estimate of drug-likeness (QED) is 0.437. The van der Waals surface area contributed by atoms with Crippen molar-refractivity contribution in [1.29, 1.82) is 0 Å². The standard InChI is InChI=1S/C24H24N6/c1-29-21-13-7-5-11-19(21)27-23(29)15-25-17-9-3-4-10-18(17)26-16-24-28-20-12-6-8-14-22(20)30(24)2/h3-14,25-26H,15-16H2,1-2H3. The third-order valence-corrected chi connectivity index (χ3v) is 5.56. The van der Waals surface area contributed by atoms with Gasteiger partial charge in [0, 0.05) is 14.1 Å². The minimum Gasteiger partial charge on any atom is -0.376 e. The molecule has 0 saturated carbocycles. The van der Waals surface area contributed by atoms with Crippen molar-refractivity contribution < 1.29 is 0 Å². The van der Waals surface area contributed by atoms with Crippen LogP contribution >= 0.6 is 0 Å². The van der Waals surface area contributed by atoms with Crippen molar-refractivity contribution in [2.24, 2.45) is 14.1 Å². The van der Waals surface area contributed by atoms with Crippen LogP contribution in [0.2, 0.25) is 0 Å². The number of nitrogens with one attached hydrogen (secondary N) is 2. The Labute approximate surface area is 175 Å². The molecule has 30 heavy (non-hydrogen) atoms. The Morgan fingerprint density at radius 3 is 1.43 bits per heavy atom. The molecule has 0 radical (unpaired) electrons. The highest BCUT2D eigenvalue weighted by atomic mass is 15.1. The fraction of sp³-hybridized carbons (Fsp3) is 0.167. The van der Waals surface area contributed by atoms with Crippen LogP contribution in [0.1, 0.15) is 11.6 Å². The van der Waals surface area contributed by atoms with Crippen LogP contribution in [0.4, 0.5) is 11.4 Å². The van der Waals surface area contributed by atoms with E-state index in [9.17, 15) is 0 Å². The number of aromatic nitrogens is 4. The lowest BCUT2D eigenvalue weighted by atomic mass is 10.2. The maximum atomic E-state index is 4.75. The number of imidazole rings is 2. The first-order chi connectivity index (χ1) is 14.7. The van der Waals surface area contributed by atoms with Crippen LogP contribution in [0.3, 0.4) is 0 Å². The van der Waals surface area contributed by atoms with E-state index in [1.54, 1.807) is 0 Å². The Kier molecular flexibility index (Phi) is 4.59. The zero-order valence-corrected chi connectivity index (χ0v) is 17.1. The average molecular weight is 396 g/mol. The van der Waals surface area contributed by atoms with Crippen LogP contribution in [0.5, 0.6) is 0 Å². The van der Waals surface area contributed by atoms with Crippen molar-refractivity contribution in [3.05, 3.63) is 84.4 Å². The zero-order valence-electron chi connectivity index (χ0n) is 17.1. The molecule has 2 aromatic heterocycles. The number of anilines is 2. The second kappa shape index (κ2) is 7.55. The second-order valence-electron chi connectivity index (χ2n) is 7.40. The van der Waals surface area contributed by atoms with Gasteiger partial charge in [0.05, 0.1) is 46.5 Å². The summed E-state index contributed by atoms with van der Waals surface area (Å²) in [6.07, 6.45) is 0. The van der Waals surface area contributed by atoms with E-state index in [1.165, 1.54) is 0 Å². The maximum absolute atomic E-state index is 4.75. The summed E-state index contributed by atoms with van der Waals surface area (Å²) >= 11 is 0. The molecule has 0 atom stereocenters. The van der Waals surface area contributed by atoms with Gasteiger partial charge in [0.1, 0.15) is 11.6 Å². The van der Waals surface area contributed by atoms with Crippen LogP contribution in [0.15, 0.2) is 72.8 Å². The lowest BCUT2D eigenvalue weighted by Crippen LogP contribution is -2.10. The van der Waals surface area contributed by atoms with Gasteiger partial charge in [-0.1, -0.05) is 36.4 Å².